The van der Waals surface area contributed by atoms with Gasteiger partial charge in [-0.05, 0) is 34.7 Å². The predicted molar refractivity (Wildman–Crippen MR) is 166 cm³/mol. The molecule has 4 nitrogen and oxygen atoms in total. The van der Waals surface area contributed by atoms with Gasteiger partial charge < -0.3 is 9.52 Å². The standard InChI is InChI=1S/C37H33N2O2.Pt/c1-36(2,3)27-22-24(21-25(23-27)30-17-9-10-20-38-30)28-15-11-19-32-34(28)39-35(41-32)33-29(16-12-18-31(33)40)37(4,5)26-13-7-6-8-14-26;/h6-20,22-23,40H,1-5H3;/q-1;. The van der Waals surface area contributed by atoms with Crippen LogP contribution >= 0.6 is 0 Å². The summed E-state index contributed by atoms with van der Waals surface area (Å²) in [7, 11) is 0. The van der Waals surface area contributed by atoms with E-state index in [1.165, 1.54) is 5.56 Å². The van der Waals surface area contributed by atoms with Gasteiger partial charge in [0.1, 0.15) is 11.3 Å². The summed E-state index contributed by atoms with van der Waals surface area (Å²) in [5.41, 5.74) is 8.40. The summed E-state index contributed by atoms with van der Waals surface area (Å²) in [6, 6.07) is 35.7. The van der Waals surface area contributed by atoms with Gasteiger partial charge in [-0.3, -0.25) is 4.98 Å². The Morgan fingerprint density at radius 2 is 1.45 bits per heavy atom. The molecule has 0 fully saturated rings. The fourth-order valence-corrected chi connectivity index (χ4v) is 5.38. The van der Waals surface area contributed by atoms with Crippen molar-refractivity contribution in [3.05, 3.63) is 126 Å². The van der Waals surface area contributed by atoms with Gasteiger partial charge in [0.2, 0.25) is 5.89 Å². The average Bonchev–Trinajstić information content (AvgIpc) is 3.41. The van der Waals surface area contributed by atoms with Crippen LogP contribution in [-0.2, 0) is 31.9 Å². The maximum atomic E-state index is 11.1. The van der Waals surface area contributed by atoms with Crippen molar-refractivity contribution < 1.29 is 30.6 Å². The van der Waals surface area contributed by atoms with E-state index in [2.05, 4.69) is 76.0 Å². The Morgan fingerprint density at radius 1 is 0.738 bits per heavy atom. The molecule has 2 aromatic heterocycles. The Labute approximate surface area is 261 Å². The topological polar surface area (TPSA) is 59.2 Å². The van der Waals surface area contributed by atoms with Crippen molar-refractivity contribution in [1.82, 2.24) is 9.97 Å². The first-order valence-electron chi connectivity index (χ1n) is 13.9. The van der Waals surface area contributed by atoms with Crippen LogP contribution in [0.1, 0.15) is 51.3 Å². The number of benzene rings is 4. The molecule has 0 unspecified atom stereocenters. The second-order valence-electron chi connectivity index (χ2n) is 12.0. The summed E-state index contributed by atoms with van der Waals surface area (Å²) in [5, 5.41) is 11.1. The largest absolute Gasteiger partial charge is 0.507 e. The van der Waals surface area contributed by atoms with E-state index in [0.29, 0.717) is 17.0 Å². The average molecular weight is 733 g/mol. The maximum absolute atomic E-state index is 11.1. The van der Waals surface area contributed by atoms with Crippen LogP contribution in [0.4, 0.5) is 0 Å². The third-order valence-corrected chi connectivity index (χ3v) is 7.81. The Bertz CT molecular complexity index is 1850. The molecule has 0 atom stereocenters. The van der Waals surface area contributed by atoms with Crippen LogP contribution in [0.2, 0.25) is 0 Å². The van der Waals surface area contributed by atoms with Crippen LogP contribution < -0.4 is 0 Å². The molecule has 0 aliphatic rings. The third kappa shape index (κ3) is 5.44. The van der Waals surface area contributed by atoms with Gasteiger partial charge in [-0.1, -0.05) is 112 Å². The van der Waals surface area contributed by atoms with Gasteiger partial charge in [0.15, 0.2) is 0 Å². The van der Waals surface area contributed by atoms with E-state index in [-0.39, 0.29) is 32.2 Å². The molecule has 5 heteroatoms. The Hall–Kier alpha value is -4.01. The summed E-state index contributed by atoms with van der Waals surface area (Å²) in [5.74, 6) is 0.528. The van der Waals surface area contributed by atoms with E-state index < -0.39 is 5.41 Å². The fourth-order valence-electron chi connectivity index (χ4n) is 5.38. The number of hydrogen-bond acceptors (Lipinski definition) is 4. The van der Waals surface area contributed by atoms with Gasteiger partial charge >= 0.3 is 0 Å². The third-order valence-electron chi connectivity index (χ3n) is 7.81. The van der Waals surface area contributed by atoms with E-state index in [9.17, 15) is 5.11 Å². The molecule has 0 saturated heterocycles. The quantitative estimate of drug-likeness (QED) is 0.180. The van der Waals surface area contributed by atoms with Crippen molar-refractivity contribution >= 4 is 11.1 Å². The van der Waals surface area contributed by atoms with Gasteiger partial charge in [-0.2, -0.15) is 0 Å². The summed E-state index contributed by atoms with van der Waals surface area (Å²) < 4.78 is 6.38. The van der Waals surface area contributed by atoms with Gasteiger partial charge in [0.25, 0.3) is 0 Å². The molecule has 0 bridgehead atoms. The van der Waals surface area contributed by atoms with E-state index in [1.54, 1.807) is 12.3 Å². The summed E-state index contributed by atoms with van der Waals surface area (Å²) >= 11 is 0. The molecule has 42 heavy (non-hydrogen) atoms. The summed E-state index contributed by atoms with van der Waals surface area (Å²) in [6.07, 6.45) is 1.80. The van der Waals surface area contributed by atoms with Gasteiger partial charge in [-0.15, -0.1) is 29.3 Å². The number of phenols is 1. The van der Waals surface area contributed by atoms with Crippen LogP contribution in [0.5, 0.6) is 5.75 Å². The van der Waals surface area contributed by atoms with Crippen molar-refractivity contribution in [3.63, 3.8) is 0 Å². The SMILES string of the molecule is CC(C)(C)c1cc(-c2ccccn2)[c-]c(-c2cccc3oc(-c4c(O)cccc4C(C)(C)c4ccccc4)nc23)c1.[Pt]. The molecule has 6 rings (SSSR count). The molecule has 4 aromatic carbocycles. The van der Waals surface area contributed by atoms with Crippen LogP contribution in [0, 0.1) is 6.07 Å². The maximum Gasteiger partial charge on any atom is 0.230 e. The molecule has 0 spiro atoms. The molecular formula is C37H33N2O2Pt-. The zero-order valence-corrected chi connectivity index (χ0v) is 26.7. The first-order chi connectivity index (χ1) is 19.6. The van der Waals surface area contributed by atoms with Crippen LogP contribution in [0.15, 0.2) is 108 Å². The number of nitrogens with zero attached hydrogens (tertiary/aromatic N) is 2. The summed E-state index contributed by atoms with van der Waals surface area (Å²) in [6.45, 7) is 10.9. The number of aromatic nitrogens is 2. The number of rotatable bonds is 5. The molecule has 2 heterocycles. The molecule has 214 valence electrons. The van der Waals surface area contributed by atoms with Crippen molar-refractivity contribution in [2.24, 2.45) is 0 Å². The number of pyridine rings is 1. The van der Waals surface area contributed by atoms with E-state index >= 15 is 0 Å². The van der Waals surface area contributed by atoms with Crippen LogP contribution in [0.3, 0.4) is 0 Å². The summed E-state index contributed by atoms with van der Waals surface area (Å²) in [4.78, 5) is 9.61. The Balaban J connectivity index is 0.00000353. The van der Waals surface area contributed by atoms with Gasteiger partial charge in [-0.25, -0.2) is 4.98 Å². The minimum atomic E-state index is -0.398. The number of oxazole rings is 1. The number of aromatic hydroxyl groups is 1. The van der Waals surface area contributed by atoms with Crippen LogP contribution in [0.25, 0.3) is 44.9 Å². The number of phenolic OH excluding ortho intramolecular Hbond substituents is 1. The minimum absolute atomic E-state index is 0. The van der Waals surface area contributed by atoms with Crippen molar-refractivity contribution in [2.45, 2.75) is 45.4 Å². The second kappa shape index (κ2) is 11.3. The molecule has 0 amide bonds. The second-order valence-corrected chi connectivity index (χ2v) is 12.0. The molecule has 0 radical (unpaired) electrons. The Kier molecular flexibility index (Phi) is 7.96. The predicted octanol–water partition coefficient (Wildman–Crippen LogP) is 9.35. The van der Waals surface area contributed by atoms with E-state index in [4.69, 9.17) is 9.40 Å². The minimum Gasteiger partial charge on any atom is -0.507 e. The molecular weight excluding hydrogens is 699 g/mol. The van der Waals surface area contributed by atoms with Crippen LogP contribution in [-0.4, -0.2) is 15.1 Å². The molecule has 0 aliphatic carbocycles. The zero-order chi connectivity index (χ0) is 28.8. The normalized spacial score (nSPS) is 11.8. The van der Waals surface area contributed by atoms with Crippen molar-refractivity contribution in [3.8, 4) is 39.6 Å². The number of para-hydroxylation sites is 1. The van der Waals surface area contributed by atoms with Gasteiger partial charge in [0.05, 0.1) is 11.1 Å². The fraction of sp³-hybridized carbons (Fsp3) is 0.189. The van der Waals surface area contributed by atoms with Gasteiger partial charge in [0, 0.05) is 38.4 Å². The first-order valence-corrected chi connectivity index (χ1v) is 13.9. The zero-order valence-electron chi connectivity index (χ0n) is 24.4. The molecule has 6 aromatic rings. The van der Waals surface area contributed by atoms with Crippen molar-refractivity contribution in [1.29, 1.82) is 0 Å². The number of fused-ring (bicyclic) bond motifs is 1. The van der Waals surface area contributed by atoms with E-state index in [0.717, 1.165) is 39.0 Å². The molecule has 0 saturated carbocycles. The van der Waals surface area contributed by atoms with E-state index in [1.807, 2.05) is 60.7 Å². The monoisotopic (exact) mass is 732 g/mol. The molecule has 0 aliphatic heterocycles. The number of hydrogen-bond donors (Lipinski definition) is 1. The van der Waals surface area contributed by atoms with Crippen molar-refractivity contribution in [2.75, 3.05) is 0 Å². The smallest absolute Gasteiger partial charge is 0.230 e. The Morgan fingerprint density at radius 3 is 2.17 bits per heavy atom. The first kappa shape index (κ1) is 29.5. The molecule has 1 N–H and O–H groups in total.